The van der Waals surface area contributed by atoms with Crippen molar-refractivity contribution in [2.75, 3.05) is 20.2 Å². The first-order valence-electron chi connectivity index (χ1n) is 18.5. The molecule has 7 rings (SSSR count). The van der Waals surface area contributed by atoms with Crippen molar-refractivity contribution >= 4 is 46.8 Å². The third kappa shape index (κ3) is 8.88. The second-order valence-electron chi connectivity index (χ2n) is 14.9. The Morgan fingerprint density at radius 3 is 2.18 bits per heavy atom. The van der Waals surface area contributed by atoms with Crippen molar-refractivity contribution in [2.24, 2.45) is 0 Å². The van der Waals surface area contributed by atoms with Crippen LogP contribution in [0.5, 0.6) is 5.88 Å². The highest BCUT2D eigenvalue weighted by Gasteiger charge is 2.29. The van der Waals surface area contributed by atoms with Gasteiger partial charge in [0.2, 0.25) is 17.7 Å². The van der Waals surface area contributed by atoms with Crippen molar-refractivity contribution < 1.29 is 23.9 Å². The number of benzene rings is 2. The summed E-state index contributed by atoms with van der Waals surface area (Å²) in [5.41, 5.74) is 4.47. The molecule has 3 aromatic heterocycles. The van der Waals surface area contributed by atoms with Crippen LogP contribution in [0.3, 0.4) is 0 Å². The molecule has 16 heteroatoms. The molecule has 0 saturated carbocycles. The number of carbonyl (C=O) groups excluding carboxylic acids is 3. The third-order valence-corrected chi connectivity index (χ3v) is 10.3. The Bertz CT molecular complexity index is 2290. The maximum atomic E-state index is 13.3. The Kier molecular flexibility index (Phi) is 11.4. The van der Waals surface area contributed by atoms with E-state index in [0.29, 0.717) is 99.0 Å². The van der Waals surface area contributed by atoms with Crippen LogP contribution in [0.2, 0.25) is 10.0 Å². The summed E-state index contributed by atoms with van der Waals surface area (Å²) in [6, 6.07) is 15.0. The molecule has 0 unspecified atom stereocenters. The van der Waals surface area contributed by atoms with Gasteiger partial charge in [-0.1, -0.05) is 59.6 Å². The Balaban J connectivity index is 1.12. The molecule has 2 aromatic carbocycles. The number of amides is 3. The molecule has 5 aromatic rings. The fourth-order valence-electron chi connectivity index (χ4n) is 6.85. The highest BCUT2D eigenvalue weighted by Crippen LogP contribution is 2.42. The second kappa shape index (κ2) is 16.4. The summed E-state index contributed by atoms with van der Waals surface area (Å²) >= 11 is 14.3. The van der Waals surface area contributed by atoms with Gasteiger partial charge in [0.25, 0.3) is 0 Å². The number of halogens is 2. The van der Waals surface area contributed by atoms with Crippen LogP contribution < -0.4 is 20.7 Å². The normalized spacial score (nSPS) is 16.9. The quantitative estimate of drug-likeness (QED) is 0.132. The first kappa shape index (κ1) is 38.9. The van der Waals surface area contributed by atoms with Crippen molar-refractivity contribution in [1.82, 2.24) is 45.4 Å². The van der Waals surface area contributed by atoms with Crippen LogP contribution in [0.25, 0.3) is 39.3 Å². The highest BCUT2D eigenvalue weighted by molar-refractivity contribution is 6.39. The number of nitrogens with one attached hydrogen (secondary N) is 3. The minimum atomic E-state index is -0.703. The van der Waals surface area contributed by atoms with E-state index in [-0.39, 0.29) is 37.0 Å². The molecule has 2 saturated heterocycles. The molecule has 5 heterocycles. The van der Waals surface area contributed by atoms with Gasteiger partial charge >= 0.3 is 6.09 Å². The number of aromatic nitrogens is 5. The Labute approximate surface area is 334 Å². The lowest BCUT2D eigenvalue weighted by atomic mass is 9.98. The van der Waals surface area contributed by atoms with Gasteiger partial charge in [0.15, 0.2) is 11.5 Å². The van der Waals surface area contributed by atoms with E-state index in [1.165, 1.54) is 7.11 Å². The fourth-order valence-corrected chi connectivity index (χ4v) is 7.50. The Morgan fingerprint density at radius 1 is 0.911 bits per heavy atom. The molecule has 0 bridgehead atoms. The number of ether oxygens (including phenoxy) is 2. The number of methoxy groups -OCH3 is 1. The summed E-state index contributed by atoms with van der Waals surface area (Å²) < 4.78 is 13.1. The van der Waals surface area contributed by atoms with Gasteiger partial charge < -0.3 is 30.3 Å². The van der Waals surface area contributed by atoms with E-state index >= 15 is 0 Å². The summed E-state index contributed by atoms with van der Waals surface area (Å²) in [4.78, 5) is 52.3. The lowest BCUT2D eigenvalue weighted by Gasteiger charge is -2.29. The molecule has 2 fully saturated rings. The van der Waals surface area contributed by atoms with Crippen molar-refractivity contribution in [3.63, 3.8) is 0 Å². The van der Waals surface area contributed by atoms with E-state index in [1.54, 1.807) is 21.8 Å². The number of pyridine rings is 1. The monoisotopic (exact) mass is 799 g/mol. The summed E-state index contributed by atoms with van der Waals surface area (Å²) in [5.74, 6) is 0.975. The van der Waals surface area contributed by atoms with Crippen LogP contribution in [0.15, 0.2) is 60.9 Å². The molecule has 3 amide bonds. The first-order valence-corrected chi connectivity index (χ1v) is 19.2. The standard InChI is InChI=1S/C40H43Cl2N9O5/c1-40(2,3)56-39(54)50(21-25-13-16-35(53)46-25)20-23-11-14-30(47-38(23)55-4)28-9-5-7-26(36(28)41)27-8-6-10-29(37(27)42)31-22-51-33(19-44-31)48-32(49-51)18-43-17-24-12-15-34(52)45-24/h5-11,14,19,22,24-25,43H,12-13,15-18,20-21H2,1-4H3,(H,45,52)(H,46,53)/t24-,25-/m0/s1. The summed E-state index contributed by atoms with van der Waals surface area (Å²) in [7, 11) is 1.52. The fraction of sp³-hybridized carbons (Fsp3) is 0.375. The average Bonchev–Trinajstić information content (AvgIpc) is 3.90. The Hall–Kier alpha value is -5.31. The molecular weight excluding hydrogens is 757 g/mol. The molecular formula is C40H43Cl2N9O5. The number of rotatable bonds is 12. The number of hydrogen-bond acceptors (Lipinski definition) is 10. The van der Waals surface area contributed by atoms with Crippen molar-refractivity contribution in [3.05, 3.63) is 82.4 Å². The first-order chi connectivity index (χ1) is 26.8. The van der Waals surface area contributed by atoms with Crippen molar-refractivity contribution in [2.45, 2.75) is 77.2 Å². The number of nitrogens with zero attached hydrogens (tertiary/aromatic N) is 6. The predicted octanol–water partition coefficient (Wildman–Crippen LogP) is 6.22. The van der Waals surface area contributed by atoms with Gasteiger partial charge in [0.1, 0.15) is 5.60 Å². The molecule has 2 aliphatic rings. The molecule has 2 aliphatic heterocycles. The zero-order chi connectivity index (χ0) is 39.6. The molecule has 56 heavy (non-hydrogen) atoms. The molecule has 0 aliphatic carbocycles. The zero-order valence-corrected chi connectivity index (χ0v) is 33.1. The molecule has 14 nitrogen and oxygen atoms in total. The number of fused-ring (bicyclic) bond motifs is 1. The van der Waals surface area contributed by atoms with Crippen LogP contribution in [-0.2, 0) is 27.4 Å². The largest absolute Gasteiger partial charge is 0.481 e. The average molecular weight is 801 g/mol. The number of carbonyl (C=O) groups is 3. The zero-order valence-electron chi connectivity index (χ0n) is 31.6. The number of hydrogen-bond donors (Lipinski definition) is 3. The van der Waals surface area contributed by atoms with Crippen LogP contribution in [0.4, 0.5) is 4.79 Å². The van der Waals surface area contributed by atoms with Gasteiger partial charge in [-0.2, -0.15) is 0 Å². The SMILES string of the molecule is COc1nc(-c2cccc(-c3cccc(-c4cn5nc(CNC[C@@H]6CCC(=O)N6)nc5cn4)c3Cl)c2Cl)ccc1CN(C[C@@H]1CCC(=O)N1)C(=O)OC(C)(C)C. The van der Waals surface area contributed by atoms with E-state index in [0.717, 1.165) is 6.42 Å². The van der Waals surface area contributed by atoms with E-state index in [2.05, 4.69) is 31.0 Å². The van der Waals surface area contributed by atoms with Crippen LogP contribution >= 0.6 is 23.2 Å². The van der Waals surface area contributed by atoms with Crippen LogP contribution in [0.1, 0.15) is 57.8 Å². The molecule has 0 spiro atoms. The molecule has 292 valence electrons. The molecule has 3 N–H and O–H groups in total. The summed E-state index contributed by atoms with van der Waals surface area (Å²) in [6.45, 7) is 6.96. The van der Waals surface area contributed by atoms with Crippen LogP contribution in [0, 0.1) is 0 Å². The summed E-state index contributed by atoms with van der Waals surface area (Å²) in [6.07, 6.45) is 5.36. The molecule has 2 atom stereocenters. The highest BCUT2D eigenvalue weighted by atomic mass is 35.5. The van der Waals surface area contributed by atoms with E-state index in [1.807, 2.05) is 69.3 Å². The topological polar surface area (TPSA) is 165 Å². The lowest BCUT2D eigenvalue weighted by Crippen LogP contribution is -2.43. The van der Waals surface area contributed by atoms with Gasteiger partial charge in [0, 0.05) is 65.8 Å². The van der Waals surface area contributed by atoms with Gasteiger partial charge in [-0.05, 0) is 45.7 Å². The van der Waals surface area contributed by atoms with E-state index in [4.69, 9.17) is 37.7 Å². The van der Waals surface area contributed by atoms with Crippen molar-refractivity contribution in [3.8, 4) is 39.5 Å². The van der Waals surface area contributed by atoms with E-state index in [9.17, 15) is 14.4 Å². The van der Waals surface area contributed by atoms with E-state index < -0.39 is 11.7 Å². The maximum Gasteiger partial charge on any atom is 0.410 e. The summed E-state index contributed by atoms with van der Waals surface area (Å²) in [5, 5.41) is 14.7. The lowest BCUT2D eigenvalue weighted by molar-refractivity contribution is -0.120. The van der Waals surface area contributed by atoms with Gasteiger partial charge in [-0.25, -0.2) is 19.3 Å². The van der Waals surface area contributed by atoms with Gasteiger partial charge in [-0.15, -0.1) is 5.10 Å². The maximum absolute atomic E-state index is 13.3. The minimum absolute atomic E-state index is 0.0352. The van der Waals surface area contributed by atoms with Crippen molar-refractivity contribution in [1.29, 1.82) is 0 Å². The predicted molar refractivity (Wildman–Crippen MR) is 212 cm³/mol. The van der Waals surface area contributed by atoms with Gasteiger partial charge in [0.05, 0.1) is 54.0 Å². The second-order valence-corrected chi connectivity index (χ2v) is 15.7. The Morgan fingerprint density at radius 2 is 1.55 bits per heavy atom. The molecule has 0 radical (unpaired) electrons. The minimum Gasteiger partial charge on any atom is -0.481 e. The van der Waals surface area contributed by atoms with Crippen LogP contribution in [-0.4, -0.2) is 85.3 Å². The third-order valence-electron chi connectivity index (χ3n) is 9.53. The van der Waals surface area contributed by atoms with Gasteiger partial charge in [-0.3, -0.25) is 14.6 Å². The smallest absolute Gasteiger partial charge is 0.410 e.